The molecular formula is C23H18ClN5O2. The number of aromatic nitrogens is 2. The molecule has 0 unspecified atom stereocenters. The number of halogens is 1. The van der Waals surface area contributed by atoms with E-state index in [2.05, 4.69) is 20.8 Å². The number of hydrazone groups is 1. The number of hydrogen-bond donors (Lipinski definition) is 2. The van der Waals surface area contributed by atoms with Gasteiger partial charge in [-0.25, -0.2) is 10.4 Å². The first-order valence-corrected chi connectivity index (χ1v) is 9.86. The molecule has 2 N–H and O–H groups in total. The Bertz CT molecular complexity index is 1270. The minimum atomic E-state index is -0.458. The summed E-state index contributed by atoms with van der Waals surface area (Å²) in [6.07, 6.45) is 4.86. The average Bonchev–Trinajstić information content (AvgIpc) is 3.12. The molecule has 31 heavy (non-hydrogen) atoms. The highest BCUT2D eigenvalue weighted by Gasteiger charge is 2.12. The highest BCUT2D eigenvalue weighted by Crippen LogP contribution is 2.20. The average molecular weight is 432 g/mol. The standard InChI is InChI=1S/C23H18ClN5O2/c24-22-19(10-6-12-25-22)23(31)28-26-13-16-14-29(20-11-5-4-9-18(16)20)15-21(30)27-17-7-2-1-3-8-17/h1-14H,15H2,(H,27,30)(H,28,31). The Hall–Kier alpha value is -3.97. The maximum Gasteiger partial charge on any atom is 0.274 e. The van der Waals surface area contributed by atoms with Gasteiger partial charge in [0.25, 0.3) is 5.91 Å². The second kappa shape index (κ2) is 9.23. The first-order chi connectivity index (χ1) is 15.1. The first-order valence-electron chi connectivity index (χ1n) is 9.48. The van der Waals surface area contributed by atoms with Crippen molar-refractivity contribution in [3.8, 4) is 0 Å². The molecule has 0 radical (unpaired) electrons. The molecule has 8 heteroatoms. The number of pyridine rings is 1. The zero-order valence-electron chi connectivity index (χ0n) is 16.3. The molecule has 0 spiro atoms. The lowest BCUT2D eigenvalue weighted by atomic mass is 10.2. The molecule has 0 saturated carbocycles. The minimum absolute atomic E-state index is 0.108. The van der Waals surface area contributed by atoms with Crippen LogP contribution in [0.3, 0.4) is 0 Å². The normalized spacial score (nSPS) is 11.0. The molecule has 4 aromatic rings. The number of hydrogen-bond acceptors (Lipinski definition) is 4. The van der Waals surface area contributed by atoms with Crippen LogP contribution in [0.15, 0.2) is 84.2 Å². The predicted octanol–water partition coefficient (Wildman–Crippen LogP) is 4.09. The molecule has 7 nitrogen and oxygen atoms in total. The molecule has 0 aliphatic rings. The van der Waals surface area contributed by atoms with Crippen LogP contribution in [0.4, 0.5) is 5.69 Å². The molecule has 2 aromatic carbocycles. The number of carbonyl (C=O) groups is 2. The third-order valence-electron chi connectivity index (χ3n) is 4.56. The fraction of sp³-hybridized carbons (Fsp3) is 0.0435. The van der Waals surface area contributed by atoms with Crippen molar-refractivity contribution < 1.29 is 9.59 Å². The lowest BCUT2D eigenvalue weighted by Gasteiger charge is -2.07. The van der Waals surface area contributed by atoms with E-state index in [0.717, 1.165) is 22.2 Å². The van der Waals surface area contributed by atoms with E-state index in [1.54, 1.807) is 12.1 Å². The molecule has 0 aliphatic heterocycles. The lowest BCUT2D eigenvalue weighted by molar-refractivity contribution is -0.116. The SMILES string of the molecule is O=C(Cn1cc(C=NNC(=O)c2cccnc2Cl)c2ccccc21)Nc1ccccc1. The molecule has 2 amide bonds. The van der Waals surface area contributed by atoms with Crippen LogP contribution < -0.4 is 10.7 Å². The molecule has 0 aliphatic carbocycles. The van der Waals surface area contributed by atoms with Gasteiger partial charge >= 0.3 is 0 Å². The van der Waals surface area contributed by atoms with Crippen molar-refractivity contribution in [3.05, 3.63) is 95.4 Å². The van der Waals surface area contributed by atoms with Crippen molar-refractivity contribution in [3.63, 3.8) is 0 Å². The molecule has 4 rings (SSSR count). The fourth-order valence-corrected chi connectivity index (χ4v) is 3.37. The maximum absolute atomic E-state index is 12.5. The summed E-state index contributed by atoms with van der Waals surface area (Å²) < 4.78 is 1.84. The van der Waals surface area contributed by atoms with Crippen LogP contribution in [0.2, 0.25) is 5.15 Å². The number of benzene rings is 2. The number of rotatable bonds is 6. The molecule has 154 valence electrons. The molecular weight excluding hydrogens is 414 g/mol. The third kappa shape index (κ3) is 4.79. The van der Waals surface area contributed by atoms with Crippen LogP contribution in [-0.4, -0.2) is 27.6 Å². The second-order valence-corrected chi connectivity index (χ2v) is 7.04. The first kappa shape index (κ1) is 20.3. The van der Waals surface area contributed by atoms with Gasteiger partial charge < -0.3 is 9.88 Å². The Balaban J connectivity index is 1.51. The summed E-state index contributed by atoms with van der Waals surface area (Å²) in [4.78, 5) is 28.6. The van der Waals surface area contributed by atoms with Gasteiger partial charge in [0.05, 0.1) is 11.8 Å². The molecule has 0 saturated heterocycles. The van der Waals surface area contributed by atoms with E-state index < -0.39 is 5.91 Å². The summed E-state index contributed by atoms with van der Waals surface area (Å²) in [5.41, 5.74) is 5.08. The molecule has 0 bridgehead atoms. The summed E-state index contributed by atoms with van der Waals surface area (Å²) >= 11 is 5.94. The number of para-hydroxylation sites is 2. The Morgan fingerprint density at radius 1 is 1.03 bits per heavy atom. The van der Waals surface area contributed by atoms with E-state index in [4.69, 9.17) is 11.6 Å². The lowest BCUT2D eigenvalue weighted by Crippen LogP contribution is -2.18. The molecule has 2 aromatic heterocycles. The summed E-state index contributed by atoms with van der Waals surface area (Å²) in [6.45, 7) is 0.140. The summed E-state index contributed by atoms with van der Waals surface area (Å²) in [5.74, 6) is -0.602. The van der Waals surface area contributed by atoms with E-state index >= 15 is 0 Å². The zero-order valence-corrected chi connectivity index (χ0v) is 17.1. The zero-order chi connectivity index (χ0) is 21.6. The van der Waals surface area contributed by atoms with E-state index in [9.17, 15) is 9.59 Å². The molecule has 0 fully saturated rings. The highest BCUT2D eigenvalue weighted by molar-refractivity contribution is 6.32. The van der Waals surface area contributed by atoms with Crippen molar-refractivity contribution in [2.75, 3.05) is 5.32 Å². The monoisotopic (exact) mass is 431 g/mol. The van der Waals surface area contributed by atoms with Gasteiger partial charge in [-0.2, -0.15) is 5.10 Å². The highest BCUT2D eigenvalue weighted by atomic mass is 35.5. The fourth-order valence-electron chi connectivity index (χ4n) is 3.16. The Kier molecular flexibility index (Phi) is 6.05. The number of anilines is 1. The van der Waals surface area contributed by atoms with Gasteiger partial charge in [-0.1, -0.05) is 48.0 Å². The van der Waals surface area contributed by atoms with Crippen molar-refractivity contribution in [1.82, 2.24) is 15.0 Å². The summed E-state index contributed by atoms with van der Waals surface area (Å²) in [7, 11) is 0. The van der Waals surface area contributed by atoms with Crippen LogP contribution in [0.1, 0.15) is 15.9 Å². The van der Waals surface area contributed by atoms with E-state index in [1.807, 2.05) is 65.4 Å². The smallest absolute Gasteiger partial charge is 0.274 e. The number of fused-ring (bicyclic) bond motifs is 1. The van der Waals surface area contributed by atoms with Gasteiger partial charge in [-0.15, -0.1) is 0 Å². The van der Waals surface area contributed by atoms with E-state index in [0.29, 0.717) is 0 Å². The Morgan fingerprint density at radius 3 is 2.61 bits per heavy atom. The Labute approximate surface area is 183 Å². The molecule has 0 atom stereocenters. The van der Waals surface area contributed by atoms with Gasteiger partial charge in [-0.05, 0) is 30.3 Å². The van der Waals surface area contributed by atoms with Crippen LogP contribution in [-0.2, 0) is 11.3 Å². The second-order valence-electron chi connectivity index (χ2n) is 6.68. The quantitative estimate of drug-likeness (QED) is 0.274. The topological polar surface area (TPSA) is 88.4 Å². The Morgan fingerprint density at radius 2 is 1.81 bits per heavy atom. The van der Waals surface area contributed by atoms with Crippen LogP contribution in [0, 0.1) is 0 Å². The van der Waals surface area contributed by atoms with E-state index in [-0.39, 0.29) is 23.2 Å². The largest absolute Gasteiger partial charge is 0.337 e. The number of carbonyl (C=O) groups excluding carboxylic acids is 2. The maximum atomic E-state index is 12.5. The van der Waals surface area contributed by atoms with Crippen molar-refractivity contribution >= 4 is 46.2 Å². The van der Waals surface area contributed by atoms with Crippen molar-refractivity contribution in [2.24, 2.45) is 5.10 Å². The van der Waals surface area contributed by atoms with Crippen molar-refractivity contribution in [1.29, 1.82) is 0 Å². The van der Waals surface area contributed by atoms with Gasteiger partial charge in [0.1, 0.15) is 11.7 Å². The van der Waals surface area contributed by atoms with Gasteiger partial charge in [0, 0.05) is 34.5 Å². The number of nitrogens with one attached hydrogen (secondary N) is 2. The summed E-state index contributed by atoms with van der Waals surface area (Å²) in [5, 5.41) is 7.94. The summed E-state index contributed by atoms with van der Waals surface area (Å²) in [6, 6.07) is 20.1. The van der Waals surface area contributed by atoms with Gasteiger partial charge in [0.2, 0.25) is 5.91 Å². The predicted molar refractivity (Wildman–Crippen MR) is 121 cm³/mol. The van der Waals surface area contributed by atoms with Crippen LogP contribution in [0.5, 0.6) is 0 Å². The number of amides is 2. The van der Waals surface area contributed by atoms with Crippen LogP contribution >= 0.6 is 11.6 Å². The van der Waals surface area contributed by atoms with Gasteiger partial charge in [-0.3, -0.25) is 9.59 Å². The van der Waals surface area contributed by atoms with Crippen molar-refractivity contribution in [2.45, 2.75) is 6.54 Å². The number of nitrogens with zero attached hydrogens (tertiary/aromatic N) is 3. The molecule has 2 heterocycles. The van der Waals surface area contributed by atoms with E-state index in [1.165, 1.54) is 12.4 Å². The van der Waals surface area contributed by atoms with Gasteiger partial charge in [0.15, 0.2) is 0 Å². The van der Waals surface area contributed by atoms with Crippen LogP contribution in [0.25, 0.3) is 10.9 Å². The minimum Gasteiger partial charge on any atom is -0.337 e. The third-order valence-corrected chi connectivity index (χ3v) is 4.87.